The van der Waals surface area contributed by atoms with Crippen LogP contribution in [0.15, 0.2) is 4.99 Å². The highest BCUT2D eigenvalue weighted by atomic mass is 19.3. The molecule has 102 valence electrons. The normalized spacial score (nSPS) is 37.4. The molecule has 2 N–H and O–H groups in total. The van der Waals surface area contributed by atoms with Crippen LogP contribution in [0.3, 0.4) is 0 Å². The van der Waals surface area contributed by atoms with Crippen molar-refractivity contribution in [1.29, 1.82) is 0 Å². The number of halogens is 2. The zero-order chi connectivity index (χ0) is 13.6. The molecule has 2 aliphatic rings. The zero-order valence-corrected chi connectivity index (χ0v) is 10.3. The first-order valence-corrected chi connectivity index (χ1v) is 5.84. The lowest BCUT2D eigenvalue weighted by Crippen LogP contribution is -2.55. The number of hydrogen-bond acceptors (Lipinski definition) is 5. The number of carbonyl (C=O) groups excluding carboxylic acids is 1. The number of aliphatic imine (C=N–C) groups is 1. The Morgan fingerprint density at radius 2 is 2.33 bits per heavy atom. The van der Waals surface area contributed by atoms with E-state index in [-0.39, 0.29) is 12.6 Å². The van der Waals surface area contributed by atoms with Crippen LogP contribution < -0.4 is 5.73 Å². The van der Waals surface area contributed by atoms with E-state index in [2.05, 4.69) is 9.73 Å². The largest absolute Gasteiger partial charge is 0.466 e. The van der Waals surface area contributed by atoms with E-state index in [1.165, 1.54) is 6.92 Å². The van der Waals surface area contributed by atoms with Crippen molar-refractivity contribution in [2.45, 2.75) is 31.7 Å². The van der Waals surface area contributed by atoms with Gasteiger partial charge < -0.3 is 15.2 Å². The average molecular weight is 262 g/mol. The van der Waals surface area contributed by atoms with E-state index in [4.69, 9.17) is 10.5 Å². The second-order valence-corrected chi connectivity index (χ2v) is 4.79. The first-order valence-electron chi connectivity index (χ1n) is 5.84. The number of rotatable bonds is 3. The summed E-state index contributed by atoms with van der Waals surface area (Å²) in [5.41, 5.74) is 3.67. The monoisotopic (exact) mass is 262 g/mol. The van der Waals surface area contributed by atoms with Gasteiger partial charge in [-0.15, -0.1) is 0 Å². The van der Waals surface area contributed by atoms with Gasteiger partial charge in [0.15, 0.2) is 6.61 Å². The van der Waals surface area contributed by atoms with Crippen LogP contribution in [-0.2, 0) is 14.3 Å². The molecule has 0 radical (unpaired) electrons. The Balaban J connectivity index is 2.17. The fraction of sp³-hybridized carbons (Fsp3) is 0.818. The molecule has 0 saturated heterocycles. The predicted octanol–water partition coefficient (Wildman–Crippen LogP) is 0.925. The quantitative estimate of drug-likeness (QED) is 0.768. The van der Waals surface area contributed by atoms with E-state index in [1.54, 1.807) is 6.92 Å². The van der Waals surface area contributed by atoms with Crippen molar-refractivity contribution in [2.75, 3.05) is 13.2 Å². The third-order valence-corrected chi connectivity index (χ3v) is 3.59. The highest BCUT2D eigenvalue weighted by Gasteiger charge is 2.66. The molecule has 0 bridgehead atoms. The van der Waals surface area contributed by atoms with Crippen LogP contribution in [-0.4, -0.2) is 36.7 Å². The average Bonchev–Trinajstić information content (AvgIpc) is 3.05. The molecule has 18 heavy (non-hydrogen) atoms. The highest BCUT2D eigenvalue weighted by molar-refractivity contribution is 5.77. The van der Waals surface area contributed by atoms with E-state index < -0.39 is 35.9 Å². The predicted molar refractivity (Wildman–Crippen MR) is 59.2 cm³/mol. The summed E-state index contributed by atoms with van der Waals surface area (Å²) in [5, 5.41) is 0. The molecule has 1 heterocycles. The van der Waals surface area contributed by atoms with Crippen LogP contribution in [0, 0.1) is 11.8 Å². The van der Waals surface area contributed by atoms with E-state index in [0.29, 0.717) is 6.42 Å². The molecular formula is C11H16F2N2O3. The van der Waals surface area contributed by atoms with Gasteiger partial charge in [-0.25, -0.2) is 13.8 Å². The van der Waals surface area contributed by atoms with E-state index >= 15 is 0 Å². The molecule has 1 aliphatic carbocycles. The van der Waals surface area contributed by atoms with Crippen LogP contribution in [0.1, 0.15) is 20.3 Å². The molecule has 0 aromatic carbocycles. The van der Waals surface area contributed by atoms with Crippen LogP contribution in [0.2, 0.25) is 0 Å². The van der Waals surface area contributed by atoms with Gasteiger partial charge in [0.1, 0.15) is 5.54 Å². The lowest BCUT2D eigenvalue weighted by atomic mass is 9.87. The summed E-state index contributed by atoms with van der Waals surface area (Å²) in [7, 11) is 0. The lowest BCUT2D eigenvalue weighted by molar-refractivity contribution is -0.147. The zero-order valence-electron chi connectivity index (χ0n) is 10.3. The fourth-order valence-corrected chi connectivity index (χ4v) is 2.33. The third kappa shape index (κ3) is 1.91. The Morgan fingerprint density at radius 1 is 1.67 bits per heavy atom. The summed E-state index contributed by atoms with van der Waals surface area (Å²) in [6.07, 6.45) is 0.349. The minimum Gasteiger partial charge on any atom is -0.466 e. The SMILES string of the molecule is CCOC(=O)C1CC1C1(C)N=C(N)OCC1(F)F. The number of esters is 1. The molecule has 0 aromatic rings. The first kappa shape index (κ1) is 13.0. The minimum atomic E-state index is -3.14. The molecule has 3 unspecified atom stereocenters. The van der Waals surface area contributed by atoms with Crippen molar-refractivity contribution >= 4 is 12.0 Å². The maximum Gasteiger partial charge on any atom is 0.309 e. The molecule has 1 saturated carbocycles. The standard InChI is InChI=1S/C11H16F2N2O3/c1-3-17-8(16)6-4-7(6)10(2)11(12,13)5-18-9(14)15-10/h6-7H,3-5H2,1-2H3,(H2,14,15). The summed E-state index contributed by atoms with van der Waals surface area (Å²) in [4.78, 5) is 15.3. The molecule has 5 nitrogen and oxygen atoms in total. The van der Waals surface area contributed by atoms with Gasteiger partial charge in [0.25, 0.3) is 6.02 Å². The summed E-state index contributed by atoms with van der Waals surface area (Å²) in [6.45, 7) is 2.43. The lowest BCUT2D eigenvalue weighted by Gasteiger charge is -2.37. The van der Waals surface area contributed by atoms with Crippen LogP contribution >= 0.6 is 0 Å². The molecule has 2 rings (SSSR count). The Labute approximate surface area is 103 Å². The third-order valence-electron chi connectivity index (χ3n) is 3.59. The van der Waals surface area contributed by atoms with Crippen molar-refractivity contribution < 1.29 is 23.0 Å². The summed E-state index contributed by atoms with van der Waals surface area (Å²) in [6, 6.07) is -0.252. The van der Waals surface area contributed by atoms with Crippen molar-refractivity contribution in [3.8, 4) is 0 Å². The van der Waals surface area contributed by atoms with Gasteiger partial charge in [-0.2, -0.15) is 0 Å². The number of alkyl halides is 2. The summed E-state index contributed by atoms with van der Waals surface area (Å²) in [5.74, 6) is -4.65. The molecule has 7 heteroatoms. The van der Waals surface area contributed by atoms with E-state index in [0.717, 1.165) is 0 Å². The number of ether oxygens (including phenoxy) is 2. The Morgan fingerprint density at radius 3 is 2.94 bits per heavy atom. The molecule has 1 fully saturated rings. The number of amidine groups is 1. The summed E-state index contributed by atoms with van der Waals surface area (Å²) >= 11 is 0. The van der Waals surface area contributed by atoms with Crippen molar-refractivity contribution in [2.24, 2.45) is 22.6 Å². The molecule has 0 spiro atoms. The Bertz CT molecular complexity index is 400. The van der Waals surface area contributed by atoms with E-state index in [9.17, 15) is 13.6 Å². The minimum absolute atomic E-state index is 0.240. The van der Waals surface area contributed by atoms with Gasteiger partial charge in [-0.05, 0) is 20.3 Å². The van der Waals surface area contributed by atoms with Crippen LogP contribution in [0.4, 0.5) is 8.78 Å². The van der Waals surface area contributed by atoms with Gasteiger partial charge >= 0.3 is 11.9 Å². The van der Waals surface area contributed by atoms with E-state index in [1.807, 2.05) is 0 Å². The van der Waals surface area contributed by atoms with Gasteiger partial charge in [0.2, 0.25) is 0 Å². The molecule has 0 aromatic heterocycles. The van der Waals surface area contributed by atoms with Gasteiger partial charge in [-0.3, -0.25) is 4.79 Å². The molecule has 1 aliphatic heterocycles. The van der Waals surface area contributed by atoms with Crippen LogP contribution in [0.25, 0.3) is 0 Å². The Kier molecular flexibility index (Phi) is 2.95. The maximum absolute atomic E-state index is 13.9. The fourth-order valence-electron chi connectivity index (χ4n) is 2.33. The summed E-state index contributed by atoms with van der Waals surface area (Å²) < 4.78 is 37.2. The molecule has 0 amide bonds. The number of carbonyl (C=O) groups is 1. The first-order chi connectivity index (χ1) is 8.32. The maximum atomic E-state index is 13.9. The van der Waals surface area contributed by atoms with Crippen LogP contribution in [0.5, 0.6) is 0 Å². The second kappa shape index (κ2) is 4.07. The molecule has 3 atom stereocenters. The topological polar surface area (TPSA) is 73.9 Å². The second-order valence-electron chi connectivity index (χ2n) is 4.79. The Hall–Kier alpha value is -1.40. The smallest absolute Gasteiger partial charge is 0.309 e. The van der Waals surface area contributed by atoms with Gasteiger partial charge in [0, 0.05) is 5.92 Å². The number of nitrogens with zero attached hydrogens (tertiary/aromatic N) is 1. The number of nitrogens with two attached hydrogens (primary N) is 1. The van der Waals surface area contributed by atoms with Crippen molar-refractivity contribution in [3.05, 3.63) is 0 Å². The van der Waals surface area contributed by atoms with Crippen molar-refractivity contribution in [1.82, 2.24) is 0 Å². The number of hydrogen-bond donors (Lipinski definition) is 1. The van der Waals surface area contributed by atoms with Gasteiger partial charge in [0.05, 0.1) is 12.5 Å². The van der Waals surface area contributed by atoms with Gasteiger partial charge in [-0.1, -0.05) is 0 Å². The molecular weight excluding hydrogens is 246 g/mol. The highest BCUT2D eigenvalue weighted by Crippen LogP contribution is 2.55. The van der Waals surface area contributed by atoms with Crippen molar-refractivity contribution in [3.63, 3.8) is 0 Å².